The largest absolute Gasteiger partial charge is 0.507 e. The van der Waals surface area contributed by atoms with Crippen LogP contribution in [0.2, 0.25) is 5.02 Å². The third-order valence-electron chi connectivity index (χ3n) is 5.62. The number of aliphatic hydroxyl groups is 1. The Labute approximate surface area is 194 Å². The molecule has 1 saturated heterocycles. The van der Waals surface area contributed by atoms with Crippen LogP contribution in [-0.4, -0.2) is 39.9 Å². The van der Waals surface area contributed by atoms with Crippen molar-refractivity contribution in [2.75, 3.05) is 13.2 Å². The molecule has 166 valence electrons. The van der Waals surface area contributed by atoms with Gasteiger partial charge in [-0.3, -0.25) is 14.6 Å². The average Bonchev–Trinajstić information content (AvgIpc) is 3.09. The highest BCUT2D eigenvalue weighted by molar-refractivity contribution is 6.46. The van der Waals surface area contributed by atoms with Crippen LogP contribution in [0.15, 0.2) is 72.6 Å². The minimum absolute atomic E-state index is 0.00648. The lowest BCUT2D eigenvalue weighted by atomic mass is 9.95. The van der Waals surface area contributed by atoms with E-state index < -0.39 is 17.7 Å². The zero-order chi connectivity index (χ0) is 22.9. The Kier molecular flexibility index (Phi) is 5.48. The van der Waals surface area contributed by atoms with E-state index >= 15 is 0 Å². The normalized spacial score (nSPS) is 19.1. The standard InChI is InChI=1S/C25H19ClN2O5/c26-18-3-1-2-16(12-18)22-21(23(29)17-4-5-19-20(13-17)33-11-10-32-19)24(30)25(31)28(22)14-15-6-8-27-9-7-15/h1-9,12-13,22,29H,10-11,14H2/b23-21-. The fraction of sp³-hybridized carbons (Fsp3) is 0.160. The Bertz CT molecular complexity index is 1270. The van der Waals surface area contributed by atoms with Gasteiger partial charge < -0.3 is 19.5 Å². The van der Waals surface area contributed by atoms with Crippen molar-refractivity contribution in [3.63, 3.8) is 0 Å². The van der Waals surface area contributed by atoms with Gasteiger partial charge in [0.15, 0.2) is 11.5 Å². The van der Waals surface area contributed by atoms with Crippen LogP contribution in [0.1, 0.15) is 22.7 Å². The summed E-state index contributed by atoms with van der Waals surface area (Å²) in [6.45, 7) is 0.992. The highest BCUT2D eigenvalue weighted by Gasteiger charge is 2.46. The maximum absolute atomic E-state index is 13.2. The first-order chi connectivity index (χ1) is 16.0. The van der Waals surface area contributed by atoms with Crippen molar-refractivity contribution in [3.05, 3.63) is 94.3 Å². The summed E-state index contributed by atoms with van der Waals surface area (Å²) in [5.74, 6) is -0.720. The van der Waals surface area contributed by atoms with E-state index in [1.807, 2.05) is 0 Å². The van der Waals surface area contributed by atoms with Gasteiger partial charge in [0, 0.05) is 29.5 Å². The van der Waals surface area contributed by atoms with Crippen molar-refractivity contribution in [1.29, 1.82) is 0 Å². The van der Waals surface area contributed by atoms with E-state index in [0.29, 0.717) is 40.9 Å². The molecule has 33 heavy (non-hydrogen) atoms. The number of Topliss-reactive ketones (excluding diaryl/α,β-unsaturated/α-hetero) is 1. The Balaban J connectivity index is 1.64. The fourth-order valence-electron chi connectivity index (χ4n) is 4.10. The van der Waals surface area contributed by atoms with Gasteiger partial charge in [0.25, 0.3) is 11.7 Å². The summed E-state index contributed by atoms with van der Waals surface area (Å²) in [5.41, 5.74) is 1.77. The molecule has 1 atom stereocenters. The molecular weight excluding hydrogens is 444 g/mol. The van der Waals surface area contributed by atoms with Gasteiger partial charge in [-0.15, -0.1) is 0 Å². The van der Waals surface area contributed by atoms with Crippen LogP contribution in [0, 0.1) is 0 Å². The number of likely N-dealkylation sites (tertiary alicyclic amines) is 1. The van der Waals surface area contributed by atoms with Crippen molar-refractivity contribution in [1.82, 2.24) is 9.88 Å². The summed E-state index contributed by atoms with van der Waals surface area (Å²) in [4.78, 5) is 31.7. The first kappa shape index (κ1) is 21.0. The highest BCUT2D eigenvalue weighted by atomic mass is 35.5. The van der Waals surface area contributed by atoms with Gasteiger partial charge in [-0.2, -0.15) is 0 Å². The van der Waals surface area contributed by atoms with E-state index in [-0.39, 0.29) is 17.9 Å². The molecule has 8 heteroatoms. The van der Waals surface area contributed by atoms with Gasteiger partial charge in [0.2, 0.25) is 0 Å². The van der Waals surface area contributed by atoms with Gasteiger partial charge in [-0.25, -0.2) is 0 Å². The molecule has 2 aliphatic rings. The molecule has 1 unspecified atom stereocenters. The molecule has 1 fully saturated rings. The van der Waals surface area contributed by atoms with E-state index in [0.717, 1.165) is 5.56 Å². The quantitative estimate of drug-likeness (QED) is 0.356. The number of amides is 1. The number of halogens is 1. The zero-order valence-corrected chi connectivity index (χ0v) is 18.2. The molecule has 0 bridgehead atoms. The highest BCUT2D eigenvalue weighted by Crippen LogP contribution is 2.42. The third kappa shape index (κ3) is 3.91. The Morgan fingerprint density at radius 3 is 2.55 bits per heavy atom. The maximum atomic E-state index is 13.2. The molecule has 1 aromatic heterocycles. The summed E-state index contributed by atoms with van der Waals surface area (Å²) in [5, 5.41) is 11.7. The molecule has 1 N–H and O–H groups in total. The number of rotatable bonds is 4. The lowest BCUT2D eigenvalue weighted by Gasteiger charge is -2.25. The number of aliphatic hydroxyl groups excluding tert-OH is 1. The van der Waals surface area contributed by atoms with Crippen LogP contribution in [0.5, 0.6) is 11.5 Å². The second-order valence-corrected chi connectivity index (χ2v) is 8.13. The van der Waals surface area contributed by atoms with Crippen molar-refractivity contribution in [3.8, 4) is 11.5 Å². The molecule has 5 rings (SSSR count). The average molecular weight is 463 g/mol. The molecule has 0 saturated carbocycles. The molecule has 0 radical (unpaired) electrons. The molecule has 2 aliphatic heterocycles. The molecule has 1 amide bonds. The lowest BCUT2D eigenvalue weighted by molar-refractivity contribution is -0.140. The minimum atomic E-state index is -0.815. The first-order valence-electron chi connectivity index (χ1n) is 10.4. The summed E-state index contributed by atoms with van der Waals surface area (Å²) in [7, 11) is 0. The molecule has 3 heterocycles. The molecule has 2 aromatic carbocycles. The molecule has 3 aromatic rings. The predicted molar refractivity (Wildman–Crippen MR) is 121 cm³/mol. The molecule has 0 aliphatic carbocycles. The SMILES string of the molecule is O=C1C(=O)N(Cc2ccncc2)C(c2cccc(Cl)c2)/C1=C(/O)c1ccc2c(c1)OCCO2. The van der Waals surface area contributed by atoms with E-state index in [4.69, 9.17) is 21.1 Å². The summed E-state index contributed by atoms with van der Waals surface area (Å²) < 4.78 is 11.1. The van der Waals surface area contributed by atoms with Crippen molar-refractivity contribution in [2.45, 2.75) is 12.6 Å². The number of benzene rings is 2. The lowest BCUT2D eigenvalue weighted by Crippen LogP contribution is -2.29. The van der Waals surface area contributed by atoms with Crippen LogP contribution in [-0.2, 0) is 16.1 Å². The van der Waals surface area contributed by atoms with E-state index in [1.165, 1.54) is 4.90 Å². The van der Waals surface area contributed by atoms with Gasteiger partial charge in [0.05, 0.1) is 11.6 Å². The van der Waals surface area contributed by atoms with Crippen molar-refractivity contribution >= 4 is 29.1 Å². The van der Waals surface area contributed by atoms with E-state index in [1.54, 1.807) is 67.0 Å². The smallest absolute Gasteiger partial charge is 0.295 e. The van der Waals surface area contributed by atoms with Crippen LogP contribution >= 0.6 is 11.6 Å². The number of fused-ring (bicyclic) bond motifs is 1. The monoisotopic (exact) mass is 462 g/mol. The second kappa shape index (κ2) is 8.60. The molecule has 0 spiro atoms. The molecular formula is C25H19ClN2O5. The minimum Gasteiger partial charge on any atom is -0.507 e. The van der Waals surface area contributed by atoms with Crippen LogP contribution in [0.3, 0.4) is 0 Å². The van der Waals surface area contributed by atoms with Crippen molar-refractivity contribution < 1.29 is 24.2 Å². The summed E-state index contributed by atoms with van der Waals surface area (Å²) in [6, 6.07) is 14.6. The van der Waals surface area contributed by atoms with E-state index in [2.05, 4.69) is 4.98 Å². The Hall–Kier alpha value is -3.84. The van der Waals surface area contributed by atoms with Crippen LogP contribution in [0.4, 0.5) is 0 Å². The zero-order valence-electron chi connectivity index (χ0n) is 17.4. The summed E-state index contributed by atoms with van der Waals surface area (Å²) in [6.07, 6.45) is 3.24. The number of carbonyl (C=O) groups is 2. The number of aromatic nitrogens is 1. The van der Waals surface area contributed by atoms with Gasteiger partial charge in [0.1, 0.15) is 19.0 Å². The number of pyridine rings is 1. The van der Waals surface area contributed by atoms with Crippen LogP contribution < -0.4 is 9.47 Å². The molecule has 7 nitrogen and oxygen atoms in total. The summed E-state index contributed by atoms with van der Waals surface area (Å²) >= 11 is 6.22. The number of hydrogen-bond acceptors (Lipinski definition) is 6. The number of hydrogen-bond donors (Lipinski definition) is 1. The third-order valence-corrected chi connectivity index (χ3v) is 5.86. The van der Waals surface area contributed by atoms with Gasteiger partial charge in [-0.05, 0) is 53.6 Å². The van der Waals surface area contributed by atoms with E-state index in [9.17, 15) is 14.7 Å². The second-order valence-electron chi connectivity index (χ2n) is 7.70. The number of ketones is 1. The van der Waals surface area contributed by atoms with Gasteiger partial charge >= 0.3 is 0 Å². The topological polar surface area (TPSA) is 89.0 Å². The number of nitrogens with zero attached hydrogens (tertiary/aromatic N) is 2. The van der Waals surface area contributed by atoms with Crippen LogP contribution in [0.25, 0.3) is 5.76 Å². The Morgan fingerprint density at radius 2 is 1.79 bits per heavy atom. The van der Waals surface area contributed by atoms with Crippen molar-refractivity contribution in [2.24, 2.45) is 0 Å². The van der Waals surface area contributed by atoms with Gasteiger partial charge in [-0.1, -0.05) is 23.7 Å². The number of carbonyl (C=O) groups excluding carboxylic acids is 2. The maximum Gasteiger partial charge on any atom is 0.295 e. The predicted octanol–water partition coefficient (Wildman–Crippen LogP) is 4.13. The fourth-order valence-corrected chi connectivity index (χ4v) is 4.30. The first-order valence-corrected chi connectivity index (χ1v) is 10.7. The Morgan fingerprint density at radius 1 is 1.03 bits per heavy atom. The number of ether oxygens (including phenoxy) is 2.